The minimum absolute atomic E-state index is 0.0469. The number of anilines is 9. The highest BCUT2D eigenvalue weighted by Gasteiger charge is 2.22. The van der Waals surface area contributed by atoms with Crippen molar-refractivity contribution in [2.24, 2.45) is 0 Å². The molecule has 0 bridgehead atoms. The second-order valence-corrected chi connectivity index (χ2v) is 16.7. The van der Waals surface area contributed by atoms with Gasteiger partial charge in [0.2, 0.25) is 0 Å². The van der Waals surface area contributed by atoms with Gasteiger partial charge in [0.05, 0.1) is 34.1 Å². The number of rotatable bonds is 9. The summed E-state index contributed by atoms with van der Waals surface area (Å²) in [6.45, 7) is 20.2. The molecule has 4 heteroatoms. The van der Waals surface area contributed by atoms with Crippen LogP contribution >= 0.6 is 0 Å². The molecule has 3 N–H and O–H groups in total. The molecule has 0 amide bonds. The molecule has 266 valence electrons. The minimum Gasteiger partial charge on any atom is -0.354 e. The fraction of sp³-hybridized carbons (Fsp3) is 0.250. The molecular weight excluding hydrogens is 633 g/mol. The number of nitrogens with zero attached hydrogens (tertiary/aromatic N) is 1. The van der Waals surface area contributed by atoms with E-state index in [9.17, 15) is 0 Å². The molecule has 0 fully saturated rings. The summed E-state index contributed by atoms with van der Waals surface area (Å²) in [7, 11) is 0. The first-order valence-electron chi connectivity index (χ1n) is 18.4. The molecule has 0 aliphatic heterocycles. The highest BCUT2D eigenvalue weighted by Crippen LogP contribution is 2.45. The van der Waals surface area contributed by atoms with Gasteiger partial charge in [-0.2, -0.15) is 0 Å². The molecule has 0 aliphatic rings. The van der Waals surface area contributed by atoms with Crippen molar-refractivity contribution in [3.63, 3.8) is 0 Å². The Morgan fingerprint density at radius 3 is 1.04 bits per heavy atom. The standard InChI is InChI=1S/C48H54N4/c1-46(2,3)34-22-28-37(29-23-34)49-40-16-10-11-17-41(40)51-43-19-13-15-21-45(43)52(39-32-26-36(27-33-39)48(7,8)9)44-20-14-12-18-42(44)50-38-30-24-35(25-31-38)47(4,5)6/h10-33,49-51H,1-9H3. The summed E-state index contributed by atoms with van der Waals surface area (Å²) in [5.41, 5.74) is 13.4. The van der Waals surface area contributed by atoms with Crippen molar-refractivity contribution in [3.8, 4) is 0 Å². The van der Waals surface area contributed by atoms with E-state index in [4.69, 9.17) is 0 Å². The van der Waals surface area contributed by atoms with E-state index in [1.165, 1.54) is 16.7 Å². The van der Waals surface area contributed by atoms with Gasteiger partial charge in [0, 0.05) is 17.1 Å². The molecule has 0 saturated carbocycles. The molecule has 6 aromatic rings. The number of nitrogens with one attached hydrogen (secondary N) is 3. The molecule has 6 rings (SSSR count). The predicted molar refractivity (Wildman–Crippen MR) is 226 cm³/mol. The van der Waals surface area contributed by atoms with E-state index in [-0.39, 0.29) is 16.2 Å². The lowest BCUT2D eigenvalue weighted by Gasteiger charge is -2.31. The normalized spacial score (nSPS) is 11.9. The maximum atomic E-state index is 3.82. The lowest BCUT2D eigenvalue weighted by molar-refractivity contribution is 0.590. The van der Waals surface area contributed by atoms with Crippen LogP contribution in [0.4, 0.5) is 51.2 Å². The van der Waals surface area contributed by atoms with Crippen molar-refractivity contribution >= 4 is 51.2 Å². The molecule has 0 spiro atoms. The number of para-hydroxylation sites is 6. The molecule has 0 atom stereocenters. The summed E-state index contributed by atoms with van der Waals surface area (Å²) in [6, 6.07) is 52.0. The monoisotopic (exact) mass is 686 g/mol. The van der Waals surface area contributed by atoms with Gasteiger partial charge in [-0.15, -0.1) is 0 Å². The maximum absolute atomic E-state index is 3.82. The Bertz CT molecular complexity index is 2090. The first kappa shape index (κ1) is 36.3. The summed E-state index contributed by atoms with van der Waals surface area (Å²) in [5, 5.41) is 11.2. The van der Waals surface area contributed by atoms with Gasteiger partial charge < -0.3 is 20.9 Å². The Balaban J connectivity index is 1.40. The molecule has 52 heavy (non-hydrogen) atoms. The summed E-state index contributed by atoms with van der Waals surface area (Å²) in [4.78, 5) is 2.35. The smallest absolute Gasteiger partial charge is 0.0697 e. The lowest BCUT2D eigenvalue weighted by Crippen LogP contribution is -2.15. The minimum atomic E-state index is 0.0469. The van der Waals surface area contributed by atoms with Crippen LogP contribution in [0.2, 0.25) is 0 Å². The molecule has 0 aromatic heterocycles. The van der Waals surface area contributed by atoms with Crippen molar-refractivity contribution in [2.45, 2.75) is 78.6 Å². The third-order valence-corrected chi connectivity index (χ3v) is 9.54. The Kier molecular flexibility index (Phi) is 10.2. The van der Waals surface area contributed by atoms with Crippen LogP contribution in [-0.4, -0.2) is 0 Å². The summed E-state index contributed by atoms with van der Waals surface area (Å²) in [5.74, 6) is 0. The van der Waals surface area contributed by atoms with E-state index < -0.39 is 0 Å². The van der Waals surface area contributed by atoms with Crippen molar-refractivity contribution in [3.05, 3.63) is 162 Å². The van der Waals surface area contributed by atoms with Crippen molar-refractivity contribution in [1.82, 2.24) is 0 Å². The van der Waals surface area contributed by atoms with Crippen LogP contribution in [0.5, 0.6) is 0 Å². The maximum Gasteiger partial charge on any atom is 0.0697 e. The van der Waals surface area contributed by atoms with Crippen LogP contribution in [-0.2, 0) is 16.2 Å². The Morgan fingerprint density at radius 2 is 0.635 bits per heavy atom. The van der Waals surface area contributed by atoms with Gasteiger partial charge in [-0.05, 0) is 106 Å². The van der Waals surface area contributed by atoms with Gasteiger partial charge in [-0.3, -0.25) is 0 Å². The zero-order valence-electron chi connectivity index (χ0n) is 32.3. The zero-order chi connectivity index (χ0) is 37.1. The largest absolute Gasteiger partial charge is 0.354 e. The number of hydrogen-bond donors (Lipinski definition) is 3. The average Bonchev–Trinajstić information content (AvgIpc) is 3.10. The fourth-order valence-corrected chi connectivity index (χ4v) is 6.33. The van der Waals surface area contributed by atoms with Gasteiger partial charge in [0.25, 0.3) is 0 Å². The van der Waals surface area contributed by atoms with Gasteiger partial charge >= 0.3 is 0 Å². The van der Waals surface area contributed by atoms with Crippen LogP contribution in [0.25, 0.3) is 0 Å². The second kappa shape index (κ2) is 14.6. The second-order valence-electron chi connectivity index (χ2n) is 16.7. The van der Waals surface area contributed by atoms with Crippen LogP contribution < -0.4 is 20.9 Å². The SMILES string of the molecule is CC(C)(C)c1ccc(Nc2ccccc2Nc2ccccc2N(c2ccc(C(C)(C)C)cc2)c2ccccc2Nc2ccc(C(C)(C)C)cc2)cc1. The Labute approximate surface area is 312 Å². The quantitative estimate of drug-likeness (QED) is 0.142. The molecule has 0 unspecified atom stereocenters. The first-order valence-corrected chi connectivity index (χ1v) is 18.4. The molecule has 0 heterocycles. The van der Waals surface area contributed by atoms with E-state index in [1.54, 1.807) is 0 Å². The van der Waals surface area contributed by atoms with Gasteiger partial charge in [-0.1, -0.05) is 135 Å². The molecule has 6 aromatic carbocycles. The molecule has 0 radical (unpaired) electrons. The van der Waals surface area contributed by atoms with Crippen molar-refractivity contribution in [1.29, 1.82) is 0 Å². The van der Waals surface area contributed by atoms with Crippen LogP contribution in [0.1, 0.15) is 79.0 Å². The summed E-state index contributed by atoms with van der Waals surface area (Å²) >= 11 is 0. The highest BCUT2D eigenvalue weighted by molar-refractivity contribution is 5.93. The topological polar surface area (TPSA) is 39.3 Å². The third kappa shape index (κ3) is 8.51. The summed E-state index contributed by atoms with van der Waals surface area (Å²) in [6.07, 6.45) is 0. The van der Waals surface area contributed by atoms with Crippen LogP contribution in [0.15, 0.2) is 146 Å². The van der Waals surface area contributed by atoms with Gasteiger partial charge in [0.15, 0.2) is 0 Å². The van der Waals surface area contributed by atoms with Gasteiger partial charge in [-0.25, -0.2) is 0 Å². The average molecular weight is 687 g/mol. The highest BCUT2D eigenvalue weighted by atomic mass is 15.2. The van der Waals surface area contributed by atoms with Crippen molar-refractivity contribution in [2.75, 3.05) is 20.9 Å². The lowest BCUT2D eigenvalue weighted by atomic mass is 9.87. The van der Waals surface area contributed by atoms with Crippen LogP contribution in [0.3, 0.4) is 0 Å². The zero-order valence-corrected chi connectivity index (χ0v) is 32.3. The Morgan fingerprint density at radius 1 is 0.327 bits per heavy atom. The van der Waals surface area contributed by atoms with E-state index >= 15 is 0 Å². The molecule has 0 aliphatic carbocycles. The summed E-state index contributed by atoms with van der Waals surface area (Å²) < 4.78 is 0. The number of hydrogen-bond acceptors (Lipinski definition) is 4. The molecule has 0 saturated heterocycles. The van der Waals surface area contributed by atoms with E-state index in [1.807, 2.05) is 0 Å². The Hall–Kier alpha value is -5.48. The van der Waals surface area contributed by atoms with E-state index in [2.05, 4.69) is 229 Å². The molecule has 4 nitrogen and oxygen atoms in total. The fourth-order valence-electron chi connectivity index (χ4n) is 6.33. The van der Waals surface area contributed by atoms with E-state index in [0.717, 1.165) is 51.2 Å². The first-order chi connectivity index (χ1) is 24.7. The van der Waals surface area contributed by atoms with Crippen LogP contribution in [0, 0.1) is 0 Å². The predicted octanol–water partition coefficient (Wildman–Crippen LogP) is 14.3. The van der Waals surface area contributed by atoms with Gasteiger partial charge in [0.1, 0.15) is 0 Å². The van der Waals surface area contributed by atoms with E-state index in [0.29, 0.717) is 0 Å². The third-order valence-electron chi connectivity index (χ3n) is 9.54. The van der Waals surface area contributed by atoms with Crippen molar-refractivity contribution < 1.29 is 0 Å². The molecular formula is C48H54N4. The number of benzene rings is 6.